The predicted octanol–water partition coefficient (Wildman–Crippen LogP) is 2.63. The zero-order valence-electron chi connectivity index (χ0n) is 11.7. The van der Waals surface area contributed by atoms with Crippen LogP contribution in [0.4, 0.5) is 0 Å². The van der Waals surface area contributed by atoms with E-state index in [0.29, 0.717) is 0 Å². The third kappa shape index (κ3) is 2.59. The van der Waals surface area contributed by atoms with Crippen LogP contribution in [0.15, 0.2) is 43.0 Å². The predicted molar refractivity (Wildman–Crippen MR) is 73.7 cm³/mol. The zero-order valence-corrected chi connectivity index (χ0v) is 11.7. The van der Waals surface area contributed by atoms with Crippen molar-refractivity contribution in [1.82, 2.24) is 0 Å². The Balaban J connectivity index is 2.36. The monoisotopic (exact) mass is 274 g/mol. The van der Waals surface area contributed by atoms with Crippen LogP contribution in [0.25, 0.3) is 0 Å². The van der Waals surface area contributed by atoms with Crippen molar-refractivity contribution < 1.29 is 19.1 Å². The number of carbonyl (C=O) groups is 2. The van der Waals surface area contributed by atoms with Gasteiger partial charge in [0.2, 0.25) is 0 Å². The Hall–Kier alpha value is -2.10. The molecule has 4 heteroatoms. The van der Waals surface area contributed by atoms with Gasteiger partial charge in [-0.15, -0.1) is 6.58 Å². The van der Waals surface area contributed by atoms with Gasteiger partial charge in [0, 0.05) is 13.8 Å². The van der Waals surface area contributed by atoms with E-state index in [1.807, 2.05) is 30.3 Å². The standard InChI is InChI=1S/C16H18O4/c1-4-10-16(11-12-8-6-5-7-9-12)13(17)19-15(2,3)20-14(16)18/h4-9H,1,10-11H2,2-3H3. The fourth-order valence-corrected chi connectivity index (χ4v) is 2.32. The molecule has 0 saturated carbocycles. The number of carbonyl (C=O) groups excluding carboxylic acids is 2. The van der Waals surface area contributed by atoms with Crippen LogP contribution in [-0.2, 0) is 25.5 Å². The Labute approximate surface area is 118 Å². The lowest BCUT2D eigenvalue weighted by Gasteiger charge is -2.39. The van der Waals surface area contributed by atoms with Gasteiger partial charge in [0.05, 0.1) is 0 Å². The molecule has 0 aliphatic carbocycles. The maximum Gasteiger partial charge on any atom is 0.327 e. The van der Waals surface area contributed by atoms with E-state index in [9.17, 15) is 9.59 Å². The molecule has 1 aliphatic heterocycles. The first-order valence-corrected chi connectivity index (χ1v) is 6.51. The van der Waals surface area contributed by atoms with Gasteiger partial charge >= 0.3 is 11.9 Å². The normalized spacial score (nSPS) is 19.9. The Kier molecular flexibility index (Phi) is 3.66. The number of allylic oxidation sites excluding steroid dienone is 1. The summed E-state index contributed by atoms with van der Waals surface area (Å²) in [7, 11) is 0. The van der Waals surface area contributed by atoms with Gasteiger partial charge in [-0.2, -0.15) is 0 Å². The summed E-state index contributed by atoms with van der Waals surface area (Å²) in [5.41, 5.74) is -0.457. The van der Waals surface area contributed by atoms with Crippen LogP contribution in [-0.4, -0.2) is 17.7 Å². The second-order valence-electron chi connectivity index (χ2n) is 5.42. The van der Waals surface area contributed by atoms with E-state index in [2.05, 4.69) is 6.58 Å². The van der Waals surface area contributed by atoms with Crippen LogP contribution >= 0.6 is 0 Å². The highest BCUT2D eigenvalue weighted by atomic mass is 16.7. The van der Waals surface area contributed by atoms with Crippen LogP contribution in [0.3, 0.4) is 0 Å². The summed E-state index contributed by atoms with van der Waals surface area (Å²) in [6, 6.07) is 9.33. The SMILES string of the molecule is C=CCC1(Cc2ccccc2)C(=O)OC(C)(C)OC1=O. The summed E-state index contributed by atoms with van der Waals surface area (Å²) < 4.78 is 10.5. The van der Waals surface area contributed by atoms with Gasteiger partial charge in [-0.05, 0) is 18.4 Å². The van der Waals surface area contributed by atoms with Crippen molar-refractivity contribution >= 4 is 11.9 Å². The van der Waals surface area contributed by atoms with Gasteiger partial charge in [0.15, 0.2) is 5.41 Å². The van der Waals surface area contributed by atoms with Gasteiger partial charge in [0.25, 0.3) is 5.79 Å². The van der Waals surface area contributed by atoms with Gasteiger partial charge in [-0.25, -0.2) is 0 Å². The van der Waals surface area contributed by atoms with E-state index in [4.69, 9.17) is 9.47 Å². The largest absolute Gasteiger partial charge is 0.422 e. The zero-order chi connectivity index (χ0) is 14.8. The maximum absolute atomic E-state index is 12.4. The Morgan fingerprint density at radius 2 is 1.65 bits per heavy atom. The third-order valence-electron chi connectivity index (χ3n) is 3.30. The molecule has 0 bridgehead atoms. The van der Waals surface area contributed by atoms with Gasteiger partial charge < -0.3 is 9.47 Å². The third-order valence-corrected chi connectivity index (χ3v) is 3.30. The Morgan fingerprint density at radius 1 is 1.10 bits per heavy atom. The van der Waals surface area contributed by atoms with Crippen LogP contribution < -0.4 is 0 Å². The first kappa shape index (κ1) is 14.3. The summed E-state index contributed by atoms with van der Waals surface area (Å²) in [4.78, 5) is 24.7. The lowest BCUT2D eigenvalue weighted by molar-refractivity contribution is -0.250. The molecule has 0 aromatic heterocycles. The van der Waals surface area contributed by atoms with Crippen LogP contribution in [0.5, 0.6) is 0 Å². The molecular formula is C16H18O4. The minimum Gasteiger partial charge on any atom is -0.422 e. The number of hydrogen-bond acceptors (Lipinski definition) is 4. The van der Waals surface area contributed by atoms with Gasteiger partial charge in [-0.3, -0.25) is 9.59 Å². The van der Waals surface area contributed by atoms with Crippen LogP contribution in [0, 0.1) is 5.41 Å². The number of benzene rings is 1. The van der Waals surface area contributed by atoms with Crippen molar-refractivity contribution in [2.24, 2.45) is 5.41 Å². The van der Waals surface area contributed by atoms with Crippen molar-refractivity contribution in [2.45, 2.75) is 32.5 Å². The van der Waals surface area contributed by atoms with E-state index in [1.54, 1.807) is 19.9 Å². The topological polar surface area (TPSA) is 52.6 Å². The van der Waals surface area contributed by atoms with E-state index < -0.39 is 23.1 Å². The molecule has 1 saturated heterocycles. The molecule has 0 radical (unpaired) electrons. The van der Waals surface area contributed by atoms with Crippen molar-refractivity contribution in [3.63, 3.8) is 0 Å². The fraction of sp³-hybridized carbons (Fsp3) is 0.375. The molecule has 1 aromatic rings. The molecule has 1 fully saturated rings. The Bertz CT molecular complexity index is 511. The fourth-order valence-electron chi connectivity index (χ4n) is 2.32. The van der Waals surface area contributed by atoms with E-state index >= 15 is 0 Å². The highest BCUT2D eigenvalue weighted by Gasteiger charge is 2.55. The highest BCUT2D eigenvalue weighted by Crippen LogP contribution is 2.38. The highest BCUT2D eigenvalue weighted by molar-refractivity contribution is 6.02. The average Bonchev–Trinajstić information content (AvgIpc) is 2.36. The number of cyclic esters (lactones) is 2. The van der Waals surface area contributed by atoms with E-state index in [-0.39, 0.29) is 12.8 Å². The van der Waals surface area contributed by atoms with Crippen molar-refractivity contribution in [3.05, 3.63) is 48.6 Å². The number of esters is 2. The number of ether oxygens (including phenoxy) is 2. The van der Waals surface area contributed by atoms with E-state index in [1.165, 1.54) is 0 Å². The molecule has 1 aromatic carbocycles. The molecule has 1 heterocycles. The smallest absolute Gasteiger partial charge is 0.327 e. The molecule has 1 aliphatic rings. The molecule has 4 nitrogen and oxygen atoms in total. The minimum absolute atomic E-state index is 0.190. The molecule has 0 amide bonds. The molecule has 0 unspecified atom stereocenters. The molecule has 20 heavy (non-hydrogen) atoms. The first-order valence-electron chi connectivity index (χ1n) is 6.51. The average molecular weight is 274 g/mol. The van der Waals surface area contributed by atoms with Gasteiger partial charge in [0.1, 0.15) is 0 Å². The molecular weight excluding hydrogens is 256 g/mol. The van der Waals surface area contributed by atoms with Crippen LogP contribution in [0.1, 0.15) is 25.8 Å². The molecule has 0 spiro atoms. The summed E-state index contributed by atoms with van der Waals surface area (Å²) in [6.45, 7) is 6.72. The molecule has 106 valence electrons. The quantitative estimate of drug-likeness (QED) is 0.481. The summed E-state index contributed by atoms with van der Waals surface area (Å²) in [6.07, 6.45) is 1.98. The molecule has 0 N–H and O–H groups in total. The van der Waals surface area contributed by atoms with Crippen LogP contribution in [0.2, 0.25) is 0 Å². The van der Waals surface area contributed by atoms with E-state index in [0.717, 1.165) is 5.56 Å². The second-order valence-corrected chi connectivity index (χ2v) is 5.42. The first-order chi connectivity index (χ1) is 9.39. The molecule has 0 atom stereocenters. The number of hydrogen-bond donors (Lipinski definition) is 0. The second kappa shape index (κ2) is 5.12. The lowest BCUT2D eigenvalue weighted by atomic mass is 9.78. The van der Waals surface area contributed by atoms with Gasteiger partial charge in [-0.1, -0.05) is 36.4 Å². The summed E-state index contributed by atoms with van der Waals surface area (Å²) in [5.74, 6) is -2.32. The van der Waals surface area contributed by atoms with Crippen molar-refractivity contribution in [1.29, 1.82) is 0 Å². The minimum atomic E-state index is -1.33. The summed E-state index contributed by atoms with van der Waals surface area (Å²) >= 11 is 0. The lowest BCUT2D eigenvalue weighted by Crippen LogP contribution is -2.54. The van der Waals surface area contributed by atoms with Crippen molar-refractivity contribution in [3.8, 4) is 0 Å². The Morgan fingerprint density at radius 3 is 2.15 bits per heavy atom. The van der Waals surface area contributed by atoms with Crippen molar-refractivity contribution in [2.75, 3.05) is 0 Å². The molecule has 2 rings (SSSR count). The summed E-state index contributed by atoms with van der Waals surface area (Å²) in [5, 5.41) is 0. The number of rotatable bonds is 4. The maximum atomic E-state index is 12.4.